The number of fused-ring (bicyclic) bond motifs is 2. The molecule has 6 heteroatoms. The summed E-state index contributed by atoms with van der Waals surface area (Å²) in [7, 11) is 3.32. The first-order valence-corrected chi connectivity index (χ1v) is 8.31. The van der Waals surface area contributed by atoms with Gasteiger partial charge < -0.3 is 9.47 Å². The molecular formula is C16H14N2O2S2. The molecule has 0 bridgehead atoms. The standard InChI is InChI=1S/2C8H7NOS/c1-10-6-2-3-8-7(4-6)9-5-11-8;1-10-6-3-2-4-7-8(6)9-5-11-7/h2*2-5H,1H3. The second kappa shape index (κ2) is 6.72. The maximum Gasteiger partial charge on any atom is 0.145 e. The van der Waals surface area contributed by atoms with E-state index in [4.69, 9.17) is 9.47 Å². The van der Waals surface area contributed by atoms with E-state index in [1.54, 1.807) is 36.9 Å². The minimum absolute atomic E-state index is 0.851. The number of methoxy groups -OCH3 is 2. The highest BCUT2D eigenvalue weighted by Crippen LogP contribution is 2.26. The number of ether oxygens (including phenoxy) is 2. The summed E-state index contributed by atoms with van der Waals surface area (Å²) in [5.41, 5.74) is 5.63. The molecule has 22 heavy (non-hydrogen) atoms. The molecule has 0 amide bonds. The van der Waals surface area contributed by atoms with E-state index in [2.05, 4.69) is 9.97 Å². The topological polar surface area (TPSA) is 44.2 Å². The summed E-state index contributed by atoms with van der Waals surface area (Å²) in [6.07, 6.45) is 0. The maximum absolute atomic E-state index is 5.13. The Bertz CT molecular complexity index is 885. The number of aromatic nitrogens is 2. The SMILES string of the molecule is COc1ccc2scnc2c1.COc1cccc2scnc12. The molecule has 0 spiro atoms. The van der Waals surface area contributed by atoms with E-state index in [0.717, 1.165) is 22.5 Å². The Balaban J connectivity index is 0.000000131. The lowest BCUT2D eigenvalue weighted by Crippen LogP contribution is -1.82. The zero-order valence-electron chi connectivity index (χ0n) is 12.1. The van der Waals surface area contributed by atoms with Crippen LogP contribution >= 0.6 is 22.7 Å². The lowest BCUT2D eigenvalue weighted by Gasteiger charge is -1.97. The van der Waals surface area contributed by atoms with Crippen LogP contribution in [0.2, 0.25) is 0 Å². The van der Waals surface area contributed by atoms with E-state index < -0.39 is 0 Å². The monoisotopic (exact) mass is 330 g/mol. The summed E-state index contributed by atoms with van der Waals surface area (Å²) in [5, 5.41) is 0. The van der Waals surface area contributed by atoms with Crippen LogP contribution in [0.4, 0.5) is 0 Å². The summed E-state index contributed by atoms with van der Waals surface area (Å²) in [4.78, 5) is 8.35. The van der Waals surface area contributed by atoms with Crippen LogP contribution in [-0.4, -0.2) is 24.2 Å². The van der Waals surface area contributed by atoms with E-state index in [1.807, 2.05) is 47.4 Å². The first kappa shape index (κ1) is 14.7. The van der Waals surface area contributed by atoms with Gasteiger partial charge in [0.1, 0.15) is 17.0 Å². The van der Waals surface area contributed by atoms with Gasteiger partial charge in [0.25, 0.3) is 0 Å². The van der Waals surface area contributed by atoms with Crippen LogP contribution in [0.25, 0.3) is 20.4 Å². The van der Waals surface area contributed by atoms with Gasteiger partial charge >= 0.3 is 0 Å². The molecular weight excluding hydrogens is 316 g/mol. The predicted octanol–water partition coefficient (Wildman–Crippen LogP) is 4.61. The fourth-order valence-corrected chi connectivity index (χ4v) is 3.34. The molecule has 2 heterocycles. The second-order valence-corrected chi connectivity index (χ2v) is 6.12. The van der Waals surface area contributed by atoms with Crippen molar-refractivity contribution in [2.24, 2.45) is 0 Å². The number of rotatable bonds is 2. The maximum atomic E-state index is 5.13. The number of hydrogen-bond donors (Lipinski definition) is 0. The summed E-state index contributed by atoms with van der Waals surface area (Å²) < 4.78 is 12.6. The first-order valence-electron chi connectivity index (χ1n) is 6.55. The molecule has 0 saturated carbocycles. The van der Waals surface area contributed by atoms with Crippen molar-refractivity contribution in [2.45, 2.75) is 0 Å². The molecule has 4 aromatic rings. The molecule has 0 aliphatic rings. The van der Waals surface area contributed by atoms with E-state index >= 15 is 0 Å². The highest BCUT2D eigenvalue weighted by atomic mass is 32.1. The highest BCUT2D eigenvalue weighted by molar-refractivity contribution is 7.17. The van der Waals surface area contributed by atoms with Gasteiger partial charge in [0.05, 0.1) is 40.2 Å². The van der Waals surface area contributed by atoms with Crippen molar-refractivity contribution >= 4 is 43.1 Å². The molecule has 0 saturated heterocycles. The molecule has 0 radical (unpaired) electrons. The average Bonchev–Trinajstić information content (AvgIpc) is 3.22. The third-order valence-corrected chi connectivity index (χ3v) is 4.69. The van der Waals surface area contributed by atoms with E-state index in [1.165, 1.54) is 9.40 Å². The molecule has 2 aromatic carbocycles. The minimum atomic E-state index is 0.851. The van der Waals surface area contributed by atoms with Crippen molar-refractivity contribution in [2.75, 3.05) is 14.2 Å². The van der Waals surface area contributed by atoms with Gasteiger partial charge in [-0.1, -0.05) is 6.07 Å². The van der Waals surface area contributed by atoms with Gasteiger partial charge in [-0.3, -0.25) is 0 Å². The van der Waals surface area contributed by atoms with Crippen LogP contribution in [0.5, 0.6) is 11.5 Å². The number of para-hydroxylation sites is 1. The third kappa shape index (κ3) is 3.03. The van der Waals surface area contributed by atoms with Gasteiger partial charge in [-0.25, -0.2) is 9.97 Å². The van der Waals surface area contributed by atoms with Gasteiger partial charge in [0, 0.05) is 6.07 Å². The second-order valence-electron chi connectivity index (χ2n) is 4.35. The fraction of sp³-hybridized carbons (Fsp3) is 0.125. The van der Waals surface area contributed by atoms with E-state index in [9.17, 15) is 0 Å². The lowest BCUT2D eigenvalue weighted by molar-refractivity contribution is 0.415. The van der Waals surface area contributed by atoms with Crippen molar-refractivity contribution in [1.82, 2.24) is 9.97 Å². The molecule has 0 unspecified atom stereocenters. The summed E-state index contributed by atoms with van der Waals surface area (Å²) in [5.74, 6) is 1.71. The third-order valence-electron chi connectivity index (χ3n) is 3.08. The Kier molecular flexibility index (Phi) is 4.50. The average molecular weight is 330 g/mol. The van der Waals surface area contributed by atoms with E-state index in [0.29, 0.717) is 0 Å². The van der Waals surface area contributed by atoms with Crippen molar-refractivity contribution in [3.63, 3.8) is 0 Å². The van der Waals surface area contributed by atoms with Crippen molar-refractivity contribution in [3.8, 4) is 11.5 Å². The van der Waals surface area contributed by atoms with Crippen LogP contribution in [0, 0.1) is 0 Å². The van der Waals surface area contributed by atoms with Crippen LogP contribution in [0.3, 0.4) is 0 Å². The molecule has 112 valence electrons. The Labute approximate surface area is 136 Å². The highest BCUT2D eigenvalue weighted by Gasteiger charge is 2.01. The smallest absolute Gasteiger partial charge is 0.145 e. The fourth-order valence-electron chi connectivity index (χ4n) is 1.99. The summed E-state index contributed by atoms with van der Waals surface area (Å²) in [6, 6.07) is 11.8. The Morgan fingerprint density at radius 3 is 2.50 bits per heavy atom. The molecule has 0 aliphatic carbocycles. The zero-order chi connectivity index (χ0) is 15.4. The van der Waals surface area contributed by atoms with E-state index in [-0.39, 0.29) is 0 Å². The quantitative estimate of drug-likeness (QED) is 0.538. The molecule has 4 rings (SSSR count). The summed E-state index contributed by atoms with van der Waals surface area (Å²) >= 11 is 3.27. The van der Waals surface area contributed by atoms with Crippen molar-refractivity contribution in [1.29, 1.82) is 0 Å². The molecule has 0 N–H and O–H groups in total. The normalized spacial score (nSPS) is 10.3. The van der Waals surface area contributed by atoms with Crippen molar-refractivity contribution in [3.05, 3.63) is 47.4 Å². The van der Waals surface area contributed by atoms with Gasteiger partial charge in [0.15, 0.2) is 0 Å². The van der Waals surface area contributed by atoms with Crippen LogP contribution < -0.4 is 9.47 Å². The van der Waals surface area contributed by atoms with Gasteiger partial charge in [0.2, 0.25) is 0 Å². The molecule has 0 aliphatic heterocycles. The van der Waals surface area contributed by atoms with Crippen LogP contribution in [0.15, 0.2) is 47.4 Å². The van der Waals surface area contributed by atoms with Gasteiger partial charge in [-0.05, 0) is 24.3 Å². The predicted molar refractivity (Wildman–Crippen MR) is 92.3 cm³/mol. The Hall–Kier alpha value is -2.18. The number of thiazole rings is 2. The molecule has 0 atom stereocenters. The lowest BCUT2D eigenvalue weighted by atomic mass is 10.3. The van der Waals surface area contributed by atoms with Crippen molar-refractivity contribution < 1.29 is 9.47 Å². The minimum Gasteiger partial charge on any atom is -0.497 e. The number of hydrogen-bond acceptors (Lipinski definition) is 6. The van der Waals surface area contributed by atoms with Crippen LogP contribution in [0.1, 0.15) is 0 Å². The first-order chi connectivity index (χ1) is 10.8. The van der Waals surface area contributed by atoms with Gasteiger partial charge in [-0.2, -0.15) is 0 Å². The number of nitrogens with zero attached hydrogens (tertiary/aromatic N) is 2. The Morgan fingerprint density at radius 2 is 1.68 bits per heavy atom. The van der Waals surface area contributed by atoms with Gasteiger partial charge in [-0.15, -0.1) is 22.7 Å². The number of benzene rings is 2. The Morgan fingerprint density at radius 1 is 0.864 bits per heavy atom. The molecule has 2 aromatic heterocycles. The molecule has 4 nitrogen and oxygen atoms in total. The zero-order valence-corrected chi connectivity index (χ0v) is 13.8. The molecule has 0 fully saturated rings. The largest absolute Gasteiger partial charge is 0.497 e. The summed E-state index contributed by atoms with van der Waals surface area (Å²) in [6.45, 7) is 0. The van der Waals surface area contributed by atoms with Crippen LogP contribution in [-0.2, 0) is 0 Å².